The number of fused-ring (bicyclic) bond motifs is 12. The summed E-state index contributed by atoms with van der Waals surface area (Å²) < 4.78 is 37.0. The zero-order valence-electron chi connectivity index (χ0n) is 34.8. The third-order valence-electron chi connectivity index (χ3n) is 13.4. The number of hydrogen-bond acceptors (Lipinski definition) is 14. The van der Waals surface area contributed by atoms with Crippen LogP contribution in [0.4, 0.5) is 4.79 Å². The van der Waals surface area contributed by atoms with Crippen LogP contribution in [0.2, 0.25) is 0 Å². The molecule has 15 heteroatoms. The molecule has 1 unspecified atom stereocenters. The van der Waals surface area contributed by atoms with Gasteiger partial charge in [0.25, 0.3) is 0 Å². The predicted molar refractivity (Wildman–Crippen MR) is 222 cm³/mol. The number of aryl methyl sites for hydroxylation is 1. The molecule has 3 aromatic carbocycles. The van der Waals surface area contributed by atoms with Gasteiger partial charge in [-0.3, -0.25) is 19.9 Å². The molecule has 4 bridgehead atoms. The van der Waals surface area contributed by atoms with E-state index in [0.717, 1.165) is 45.3 Å². The summed E-state index contributed by atoms with van der Waals surface area (Å²) >= 11 is 1.56. The summed E-state index contributed by atoms with van der Waals surface area (Å²) in [6.07, 6.45) is 0.361. The molecule has 14 nitrogen and oxygen atoms in total. The Bertz CT molecular complexity index is 2530. The van der Waals surface area contributed by atoms with Crippen molar-refractivity contribution >= 4 is 34.6 Å². The fourth-order valence-corrected chi connectivity index (χ4v) is 12.7. The van der Waals surface area contributed by atoms with Gasteiger partial charge in [0.15, 0.2) is 28.8 Å². The van der Waals surface area contributed by atoms with Crippen LogP contribution in [0.25, 0.3) is 10.9 Å². The first-order chi connectivity index (χ1) is 28.8. The Morgan fingerprint density at radius 2 is 1.90 bits per heavy atom. The number of phenolic OH excluding ortho intramolecular Hbond substituents is 1. The molecule has 60 heavy (non-hydrogen) atoms. The highest BCUT2D eigenvalue weighted by molar-refractivity contribution is 7.99. The number of Topliss-reactive ketones (excluding diaryl/α,β-unsaturated/α-hetero) is 1. The summed E-state index contributed by atoms with van der Waals surface area (Å²) in [7, 11) is 3.57. The molecule has 314 valence electrons. The second-order valence-electron chi connectivity index (χ2n) is 17.7. The molecule has 7 aliphatic rings. The SMILES string of the molecule is COc1c(C)cc2c(c1O)[C@@H]1C3[C@@H]4SC[C@]5(NCCc6c5[nH]c5ccccc65)C(=O)COC[C@@H](c5c6c(c(C)c(OC(=O)OC(C)(C)C)c54)OCO6)N3[C@@H](C#N)[C@H](C2)N1C. The Balaban J connectivity index is 1.25. The molecule has 7 aliphatic heterocycles. The Labute approximate surface area is 352 Å². The Hall–Kier alpha value is -4.98. The number of piperazine rings is 1. The predicted octanol–water partition coefficient (Wildman–Crippen LogP) is 6.19. The number of benzene rings is 3. The second-order valence-corrected chi connectivity index (χ2v) is 18.9. The maximum absolute atomic E-state index is 15.0. The van der Waals surface area contributed by atoms with Crippen LogP contribution in [0.15, 0.2) is 30.3 Å². The smallest absolute Gasteiger partial charge is 0.504 e. The van der Waals surface area contributed by atoms with E-state index in [1.807, 2.05) is 39.1 Å². The molecule has 2 fully saturated rings. The van der Waals surface area contributed by atoms with Gasteiger partial charge in [-0.05, 0) is 77.3 Å². The van der Waals surface area contributed by atoms with Crippen molar-refractivity contribution in [3.63, 3.8) is 0 Å². The summed E-state index contributed by atoms with van der Waals surface area (Å²) in [5, 5.41) is 27.7. The fraction of sp³-hybridized carbons (Fsp3) is 0.489. The number of para-hydroxylation sites is 1. The molecule has 2 saturated heterocycles. The summed E-state index contributed by atoms with van der Waals surface area (Å²) in [6.45, 7) is 9.40. The van der Waals surface area contributed by atoms with Gasteiger partial charge >= 0.3 is 6.16 Å². The molecule has 0 aliphatic carbocycles. The fourth-order valence-electron chi connectivity index (χ4n) is 11.0. The molecule has 11 rings (SSSR count). The lowest BCUT2D eigenvalue weighted by Crippen LogP contribution is -2.69. The van der Waals surface area contributed by atoms with E-state index in [4.69, 9.17) is 28.4 Å². The topological polar surface area (TPSA) is 168 Å². The number of phenols is 1. The number of aromatic hydroxyl groups is 1. The third kappa shape index (κ3) is 5.60. The number of thioether (sulfide) groups is 1. The van der Waals surface area contributed by atoms with Crippen molar-refractivity contribution < 1.29 is 43.1 Å². The first-order valence-electron chi connectivity index (χ1n) is 20.5. The van der Waals surface area contributed by atoms with Gasteiger partial charge in [-0.1, -0.05) is 24.3 Å². The van der Waals surface area contributed by atoms with Gasteiger partial charge < -0.3 is 38.5 Å². The molecular formula is C45H49N5O9S. The number of likely N-dealkylation sites (N-methyl/N-ethyl adjacent to an activating group) is 1. The summed E-state index contributed by atoms with van der Waals surface area (Å²) in [4.78, 5) is 36.9. The molecular weight excluding hydrogens is 787 g/mol. The van der Waals surface area contributed by atoms with Crippen LogP contribution in [0.3, 0.4) is 0 Å². The average Bonchev–Trinajstić information content (AvgIpc) is 3.84. The molecule has 8 heterocycles. The zero-order chi connectivity index (χ0) is 42.0. The van der Waals surface area contributed by atoms with E-state index >= 15 is 0 Å². The highest BCUT2D eigenvalue weighted by atomic mass is 32.2. The number of aromatic nitrogens is 1. The van der Waals surface area contributed by atoms with Crippen LogP contribution in [-0.2, 0) is 32.6 Å². The van der Waals surface area contributed by atoms with E-state index in [0.29, 0.717) is 46.9 Å². The number of nitrogens with zero attached hydrogens (tertiary/aromatic N) is 3. The van der Waals surface area contributed by atoms with E-state index < -0.39 is 46.7 Å². The van der Waals surface area contributed by atoms with Gasteiger partial charge in [-0.2, -0.15) is 5.26 Å². The van der Waals surface area contributed by atoms with Crippen LogP contribution in [0.5, 0.6) is 28.7 Å². The van der Waals surface area contributed by atoms with E-state index in [2.05, 4.69) is 38.3 Å². The van der Waals surface area contributed by atoms with Crippen LogP contribution in [0, 0.1) is 25.2 Å². The number of nitriles is 1. The largest absolute Gasteiger partial charge is 0.514 e. The number of rotatable bonds is 2. The normalized spacial score (nSPS) is 28.3. The first-order valence-corrected chi connectivity index (χ1v) is 21.6. The van der Waals surface area contributed by atoms with Gasteiger partial charge in [0.2, 0.25) is 6.79 Å². The van der Waals surface area contributed by atoms with Crippen molar-refractivity contribution in [3.8, 4) is 34.8 Å². The lowest BCUT2D eigenvalue weighted by atomic mass is 9.71. The standard InChI is InChI=1S/C45H49N5O9S/c1-21-14-23-15-27-28(16-46)50-29-17-55-18-30(51)45(42-25(12-13-47-45)24-10-8-9-11-26(24)48-42)19-60-41(35(50)34(49(27)6)31(23)36(52)37(21)54-7)33-32(29)40-39(56-20-57-40)22(2)38(33)58-43(53)59-44(3,4)5/h8-11,14,27-29,34-35,41,47-48,52H,12-13,15,17-20H2,1-7H3/t27-,28-,29-,34+,35?,41+,45-/m0/s1. The van der Waals surface area contributed by atoms with Crippen molar-refractivity contribution in [3.05, 3.63) is 75.0 Å². The zero-order valence-corrected chi connectivity index (χ0v) is 35.6. The molecule has 0 saturated carbocycles. The van der Waals surface area contributed by atoms with Crippen LogP contribution in [0.1, 0.15) is 82.7 Å². The van der Waals surface area contributed by atoms with Gasteiger partial charge in [-0.25, -0.2) is 4.79 Å². The highest BCUT2D eigenvalue weighted by Gasteiger charge is 2.61. The summed E-state index contributed by atoms with van der Waals surface area (Å²) in [6, 6.07) is 10.3. The summed E-state index contributed by atoms with van der Waals surface area (Å²) in [5.41, 5.74) is 5.19. The van der Waals surface area contributed by atoms with Gasteiger partial charge in [-0.15, -0.1) is 11.8 Å². The monoisotopic (exact) mass is 835 g/mol. The maximum atomic E-state index is 15.0. The number of methoxy groups -OCH3 is 1. The molecule has 0 radical (unpaired) electrons. The molecule has 3 N–H and O–H groups in total. The minimum absolute atomic E-state index is 0.00436. The van der Waals surface area contributed by atoms with E-state index in [1.165, 1.54) is 0 Å². The Morgan fingerprint density at radius 3 is 2.67 bits per heavy atom. The summed E-state index contributed by atoms with van der Waals surface area (Å²) in [5.74, 6) is 1.78. The Morgan fingerprint density at radius 1 is 1.12 bits per heavy atom. The number of carbonyl (C=O) groups excluding carboxylic acids is 2. The van der Waals surface area contributed by atoms with Crippen molar-refractivity contribution in [2.24, 2.45) is 0 Å². The number of nitrogens with one attached hydrogen (secondary N) is 2. The van der Waals surface area contributed by atoms with E-state index in [9.17, 15) is 20.0 Å². The molecule has 1 spiro atoms. The van der Waals surface area contributed by atoms with Crippen molar-refractivity contribution in [1.82, 2.24) is 20.1 Å². The minimum Gasteiger partial charge on any atom is -0.504 e. The lowest BCUT2D eigenvalue weighted by Gasteiger charge is -2.61. The van der Waals surface area contributed by atoms with Crippen LogP contribution in [-0.4, -0.2) is 102 Å². The average molecular weight is 836 g/mol. The number of hydrogen-bond donors (Lipinski definition) is 3. The lowest BCUT2D eigenvalue weighted by molar-refractivity contribution is -0.132. The second kappa shape index (κ2) is 14.0. The van der Waals surface area contributed by atoms with Gasteiger partial charge in [0.05, 0.1) is 37.1 Å². The van der Waals surface area contributed by atoms with Crippen LogP contribution < -0.4 is 24.3 Å². The maximum Gasteiger partial charge on any atom is 0.514 e. The van der Waals surface area contributed by atoms with Gasteiger partial charge in [0, 0.05) is 63.2 Å². The number of H-pyrrole nitrogens is 1. The van der Waals surface area contributed by atoms with E-state index in [-0.39, 0.29) is 49.1 Å². The Kier molecular flexibility index (Phi) is 9.16. The van der Waals surface area contributed by atoms with Crippen molar-refractivity contribution in [2.75, 3.05) is 46.5 Å². The van der Waals surface area contributed by atoms with Crippen molar-refractivity contribution in [1.29, 1.82) is 5.26 Å². The number of ketones is 1. The minimum atomic E-state index is -1.19. The van der Waals surface area contributed by atoms with Crippen molar-refractivity contribution in [2.45, 2.75) is 94.1 Å². The molecule has 0 amide bonds. The number of aromatic amines is 1. The number of ether oxygens (including phenoxy) is 6. The number of carbonyl (C=O) groups is 2. The van der Waals surface area contributed by atoms with E-state index in [1.54, 1.807) is 39.6 Å². The van der Waals surface area contributed by atoms with Gasteiger partial charge in [0.1, 0.15) is 29.5 Å². The third-order valence-corrected chi connectivity index (χ3v) is 14.9. The first kappa shape index (κ1) is 39.2. The molecule has 1 aromatic heterocycles. The molecule has 4 aromatic rings. The van der Waals surface area contributed by atoms with Crippen LogP contribution >= 0.6 is 11.8 Å². The highest BCUT2D eigenvalue weighted by Crippen LogP contribution is 2.64. The quantitative estimate of drug-likeness (QED) is 0.155. The molecule has 7 atom stereocenters.